The Balaban J connectivity index is 1.05. The molecule has 0 N–H and O–H groups in total. The van der Waals surface area contributed by atoms with Gasteiger partial charge in [0, 0.05) is 16.7 Å². The Morgan fingerprint density at radius 1 is 0.203 bits per heavy atom. The SMILES string of the molecule is c1ccc(-c2cccc(-c3nc(-c4ccccc4)nc(-c4ccccc4-c4ccccc4-c4cc5ccc6cccc7c8cccc9ccc%10cccc(c(c4)c5c67)c%10c98)n3)c2)cc1. The maximum Gasteiger partial charge on any atom is 0.164 e. The van der Waals surface area contributed by atoms with Gasteiger partial charge >= 0.3 is 0 Å². The number of rotatable bonds is 6. The van der Waals surface area contributed by atoms with Gasteiger partial charge in [-0.25, -0.2) is 15.0 Å². The molecule has 0 saturated heterocycles. The maximum absolute atomic E-state index is 5.28. The van der Waals surface area contributed by atoms with Crippen LogP contribution in [0.2, 0.25) is 0 Å². The van der Waals surface area contributed by atoms with Gasteiger partial charge in [-0.2, -0.15) is 0 Å². The van der Waals surface area contributed by atoms with Crippen molar-refractivity contribution in [1.82, 2.24) is 15.0 Å². The average Bonchev–Trinajstić information content (AvgIpc) is 3.37. The zero-order chi connectivity index (χ0) is 42.1. The molecule has 1 heterocycles. The fourth-order valence-electron chi connectivity index (χ4n) is 10.1. The van der Waals surface area contributed by atoms with E-state index in [1.54, 1.807) is 0 Å². The molecule has 64 heavy (non-hydrogen) atoms. The summed E-state index contributed by atoms with van der Waals surface area (Å²) in [5.41, 5.74) is 9.51. The van der Waals surface area contributed by atoms with Crippen molar-refractivity contribution in [3.63, 3.8) is 0 Å². The summed E-state index contributed by atoms with van der Waals surface area (Å²) in [6.45, 7) is 0. The Labute approximate surface area is 370 Å². The molecular formula is C61H37N3. The first kappa shape index (κ1) is 36.2. The Bertz CT molecular complexity index is 3940. The van der Waals surface area contributed by atoms with Crippen LogP contribution >= 0.6 is 0 Å². The smallest absolute Gasteiger partial charge is 0.164 e. The molecule has 1 aromatic heterocycles. The topological polar surface area (TPSA) is 38.7 Å². The molecule has 296 valence electrons. The number of hydrogen-bond acceptors (Lipinski definition) is 3. The van der Waals surface area contributed by atoms with Crippen molar-refractivity contribution in [1.29, 1.82) is 0 Å². The molecule has 0 spiro atoms. The van der Waals surface area contributed by atoms with Gasteiger partial charge in [0.2, 0.25) is 0 Å². The van der Waals surface area contributed by atoms with E-state index in [0.29, 0.717) is 17.5 Å². The lowest BCUT2D eigenvalue weighted by Crippen LogP contribution is -2.01. The highest BCUT2D eigenvalue weighted by Crippen LogP contribution is 2.46. The molecule has 13 rings (SSSR count). The Morgan fingerprint density at radius 2 is 0.625 bits per heavy atom. The number of nitrogens with zero attached hydrogens (tertiary/aromatic N) is 3. The van der Waals surface area contributed by atoms with Gasteiger partial charge < -0.3 is 0 Å². The molecule has 0 aliphatic heterocycles. The fraction of sp³-hybridized carbons (Fsp3) is 0. The maximum atomic E-state index is 5.28. The lowest BCUT2D eigenvalue weighted by Gasteiger charge is -2.18. The van der Waals surface area contributed by atoms with E-state index in [9.17, 15) is 0 Å². The minimum atomic E-state index is 0.623. The first-order valence-electron chi connectivity index (χ1n) is 21.8. The summed E-state index contributed by atoms with van der Waals surface area (Å²) in [6, 6.07) is 80.8. The van der Waals surface area contributed by atoms with Crippen molar-refractivity contribution in [2.45, 2.75) is 0 Å². The number of aromatic nitrogens is 3. The molecule has 3 nitrogen and oxygen atoms in total. The van der Waals surface area contributed by atoms with Gasteiger partial charge in [0.1, 0.15) is 0 Å². The standard InChI is InChI=1S/C61H37N3/c1-3-15-38(16-4-1)43-22-11-23-45(35-43)60-62-59(42-17-5-2-6-18-42)63-61(64-60)53-27-10-9-26-49(53)48-25-8-7-24-47(48)46-36-44-34-33-41-20-13-29-51-50-28-12-19-39-31-32-40-21-14-30-52(57(40)55(39)50)54(37-46)58(44)56(41)51/h1-37H. The first-order chi connectivity index (χ1) is 31.7. The number of hydrogen-bond donors (Lipinski definition) is 0. The van der Waals surface area contributed by atoms with Gasteiger partial charge in [-0.05, 0) is 116 Å². The molecule has 3 heteroatoms. The highest BCUT2D eigenvalue weighted by Gasteiger charge is 2.20. The summed E-state index contributed by atoms with van der Waals surface area (Å²) < 4.78 is 0. The molecule has 13 aromatic rings. The third-order valence-corrected chi connectivity index (χ3v) is 13.0. The number of benzene rings is 11. The van der Waals surface area contributed by atoms with Gasteiger partial charge in [-0.1, -0.05) is 206 Å². The van der Waals surface area contributed by atoms with Crippen LogP contribution in [0.4, 0.5) is 0 Å². The van der Waals surface area contributed by atoms with E-state index >= 15 is 0 Å². The summed E-state index contributed by atoms with van der Waals surface area (Å²) in [5, 5.41) is 15.2. The molecule has 0 aliphatic carbocycles. The van der Waals surface area contributed by atoms with Gasteiger partial charge in [-0.15, -0.1) is 0 Å². The van der Waals surface area contributed by atoms with Crippen molar-refractivity contribution >= 4 is 64.6 Å². The predicted molar refractivity (Wildman–Crippen MR) is 269 cm³/mol. The molecule has 0 radical (unpaired) electrons. The largest absolute Gasteiger partial charge is 0.208 e. The first-order valence-corrected chi connectivity index (χ1v) is 21.8. The summed E-state index contributed by atoms with van der Waals surface area (Å²) in [6.07, 6.45) is 0. The second kappa shape index (κ2) is 14.5. The summed E-state index contributed by atoms with van der Waals surface area (Å²) in [5.74, 6) is 1.88. The van der Waals surface area contributed by atoms with E-state index in [2.05, 4.69) is 200 Å². The second-order valence-corrected chi connectivity index (χ2v) is 16.7. The molecule has 12 aromatic carbocycles. The lowest BCUT2D eigenvalue weighted by atomic mass is 9.85. The van der Waals surface area contributed by atoms with E-state index in [1.165, 1.54) is 64.6 Å². The molecule has 0 amide bonds. The van der Waals surface area contributed by atoms with Crippen molar-refractivity contribution in [3.05, 3.63) is 224 Å². The Hall–Kier alpha value is -8.53. The van der Waals surface area contributed by atoms with Crippen molar-refractivity contribution in [3.8, 4) is 67.5 Å². The monoisotopic (exact) mass is 811 g/mol. The minimum Gasteiger partial charge on any atom is -0.208 e. The van der Waals surface area contributed by atoms with Gasteiger partial charge in [0.15, 0.2) is 17.5 Å². The van der Waals surface area contributed by atoms with Gasteiger partial charge in [0.05, 0.1) is 0 Å². The predicted octanol–water partition coefficient (Wildman–Crippen LogP) is 16.2. The molecule has 0 bridgehead atoms. The molecule has 0 aliphatic rings. The number of fused-ring (bicyclic) bond motifs is 2. The normalized spacial score (nSPS) is 11.8. The highest BCUT2D eigenvalue weighted by molar-refractivity contribution is 6.37. The fourth-order valence-corrected chi connectivity index (χ4v) is 10.1. The summed E-state index contributed by atoms with van der Waals surface area (Å²) >= 11 is 0. The van der Waals surface area contributed by atoms with E-state index in [1.807, 2.05) is 24.3 Å². The van der Waals surface area contributed by atoms with Gasteiger partial charge in [-0.3, -0.25) is 0 Å². The van der Waals surface area contributed by atoms with E-state index in [4.69, 9.17) is 15.0 Å². The van der Waals surface area contributed by atoms with E-state index in [-0.39, 0.29) is 0 Å². The minimum absolute atomic E-state index is 0.623. The van der Waals surface area contributed by atoms with Gasteiger partial charge in [0.25, 0.3) is 0 Å². The molecule has 0 saturated carbocycles. The molecule has 0 atom stereocenters. The van der Waals surface area contributed by atoms with Crippen molar-refractivity contribution < 1.29 is 0 Å². The van der Waals surface area contributed by atoms with Crippen LogP contribution in [0.25, 0.3) is 132 Å². The van der Waals surface area contributed by atoms with Crippen LogP contribution < -0.4 is 0 Å². The van der Waals surface area contributed by atoms with E-state index in [0.717, 1.165) is 50.1 Å². The van der Waals surface area contributed by atoms with Crippen LogP contribution in [-0.4, -0.2) is 15.0 Å². The second-order valence-electron chi connectivity index (χ2n) is 16.7. The van der Waals surface area contributed by atoms with Crippen molar-refractivity contribution in [2.24, 2.45) is 0 Å². The van der Waals surface area contributed by atoms with Crippen LogP contribution in [0, 0.1) is 0 Å². The molecule has 0 unspecified atom stereocenters. The van der Waals surface area contributed by atoms with Crippen LogP contribution in [0.5, 0.6) is 0 Å². The Morgan fingerprint density at radius 3 is 1.25 bits per heavy atom. The van der Waals surface area contributed by atoms with Crippen LogP contribution in [0.15, 0.2) is 224 Å². The lowest BCUT2D eigenvalue weighted by molar-refractivity contribution is 1.07. The Kier molecular flexibility index (Phi) is 8.22. The van der Waals surface area contributed by atoms with Crippen LogP contribution in [0.3, 0.4) is 0 Å². The third-order valence-electron chi connectivity index (χ3n) is 13.0. The van der Waals surface area contributed by atoms with Crippen molar-refractivity contribution in [2.75, 3.05) is 0 Å². The van der Waals surface area contributed by atoms with Crippen LogP contribution in [0.1, 0.15) is 0 Å². The zero-order valence-corrected chi connectivity index (χ0v) is 34.7. The third kappa shape index (κ3) is 5.79. The molecule has 0 fully saturated rings. The average molecular weight is 812 g/mol. The highest BCUT2D eigenvalue weighted by atomic mass is 15.0. The molecular weight excluding hydrogens is 775 g/mol. The van der Waals surface area contributed by atoms with E-state index < -0.39 is 0 Å². The quantitative estimate of drug-likeness (QED) is 0.157. The summed E-state index contributed by atoms with van der Waals surface area (Å²) in [4.78, 5) is 15.6. The zero-order valence-electron chi connectivity index (χ0n) is 34.7. The summed E-state index contributed by atoms with van der Waals surface area (Å²) in [7, 11) is 0. The van der Waals surface area contributed by atoms with Crippen LogP contribution in [-0.2, 0) is 0 Å².